The summed E-state index contributed by atoms with van der Waals surface area (Å²) in [4.78, 5) is 62.8. The normalized spacial score (nSPS) is 13.1. The van der Waals surface area contributed by atoms with Gasteiger partial charge in [-0.3, -0.25) is 19.2 Å². The van der Waals surface area contributed by atoms with Crippen LogP contribution in [0.1, 0.15) is 66.2 Å². The first-order chi connectivity index (χ1) is 17.7. The number of carbonyl (C=O) groups excluding carboxylic acids is 6. The Hall–Kier alpha value is -2.37. The Bertz CT molecular complexity index is 844. The summed E-state index contributed by atoms with van der Waals surface area (Å²) in [5.41, 5.74) is 0. The smallest absolute Gasteiger partial charge is 0.549 e. The van der Waals surface area contributed by atoms with E-state index in [1.54, 1.807) is 6.92 Å². The summed E-state index contributed by atoms with van der Waals surface area (Å²) < 4.78 is 120. The zero-order chi connectivity index (χ0) is 32.9. The third-order valence-electron chi connectivity index (χ3n) is 4.63. The van der Waals surface area contributed by atoms with Crippen molar-refractivity contribution in [3.63, 3.8) is 0 Å². The molecule has 8 nitrogen and oxygen atoms in total. The second-order valence-corrected chi connectivity index (χ2v) is 8.02. The quantitative estimate of drug-likeness (QED) is 0.167. The molecule has 0 radical (unpaired) electrons. The fraction of sp³-hybridized carbons (Fsp3) is 0.727. The van der Waals surface area contributed by atoms with Crippen LogP contribution in [0.5, 0.6) is 0 Å². The van der Waals surface area contributed by atoms with Gasteiger partial charge in [-0.15, -0.1) is 0 Å². The number of aliphatic carboxylic acids is 2. The summed E-state index contributed by atoms with van der Waals surface area (Å²) in [7, 11) is 0. The van der Waals surface area contributed by atoms with Gasteiger partial charge in [0, 0.05) is 6.42 Å². The number of Topliss-reactive ketones (excluding diaryl/α,β-unsaturated/α-hetero) is 4. The van der Waals surface area contributed by atoms with Gasteiger partial charge in [-0.2, -0.15) is 43.9 Å². The van der Waals surface area contributed by atoms with E-state index in [4.69, 9.17) is 0 Å². The SMILES string of the molecule is CCC(=O)CC(C)=O.CCC(C(=O)[O-])C(=O)CC(F)(F)C(F)(F)F.CCC(C(=O)[O-])C(=O)CC(F)(F)C(F)(F)F.[Ti+2]. The molecule has 0 aromatic rings. The molecular formula is C22H26F10O8Ti. The molecule has 236 valence electrons. The van der Waals surface area contributed by atoms with Crippen LogP contribution in [0.4, 0.5) is 43.9 Å². The first-order valence-corrected chi connectivity index (χ1v) is 11.1. The molecule has 0 saturated heterocycles. The van der Waals surface area contributed by atoms with E-state index >= 15 is 0 Å². The molecule has 19 heteroatoms. The third kappa shape index (κ3) is 17.9. The molecule has 0 bridgehead atoms. The maximum absolute atomic E-state index is 12.4. The first kappa shape index (κ1) is 45.6. The average Bonchev–Trinajstić information content (AvgIpc) is 2.72. The number of rotatable bonds is 13. The monoisotopic (exact) mass is 656 g/mol. The van der Waals surface area contributed by atoms with Crippen molar-refractivity contribution in [2.75, 3.05) is 0 Å². The van der Waals surface area contributed by atoms with Gasteiger partial charge in [-0.1, -0.05) is 20.8 Å². The zero-order valence-electron chi connectivity index (χ0n) is 21.9. The Balaban J connectivity index is -0.000000261. The molecule has 0 amide bonds. The van der Waals surface area contributed by atoms with Crippen LogP contribution < -0.4 is 10.2 Å². The molecule has 0 rings (SSSR count). The van der Waals surface area contributed by atoms with E-state index in [0.29, 0.717) is 6.42 Å². The number of carboxylic acids is 2. The van der Waals surface area contributed by atoms with Crippen LogP contribution in [0.2, 0.25) is 0 Å². The minimum absolute atomic E-state index is 0. The molecule has 0 aliphatic carbocycles. The zero-order valence-corrected chi connectivity index (χ0v) is 23.5. The summed E-state index contributed by atoms with van der Waals surface area (Å²) in [6.45, 7) is 5.52. The standard InChI is InChI=1S/2C8H9F5O3.C6H10O2.Ti/c2*1-2-4(6(15)16)5(14)3-7(9,10)8(11,12)13;1-3-6(8)4-5(2)7;/h2*4H,2-3H2,1H3,(H,15,16);3-4H2,1-2H3;/q;;;+2/p-2. The molecule has 2 unspecified atom stereocenters. The summed E-state index contributed by atoms with van der Waals surface area (Å²) in [6, 6.07) is 0. The molecule has 0 heterocycles. The van der Waals surface area contributed by atoms with Crippen molar-refractivity contribution in [1.82, 2.24) is 0 Å². The Morgan fingerprint density at radius 2 is 0.878 bits per heavy atom. The molecule has 2 atom stereocenters. The molecule has 0 aliphatic heterocycles. The molecule has 0 aromatic carbocycles. The van der Waals surface area contributed by atoms with E-state index in [0.717, 1.165) is 0 Å². The van der Waals surface area contributed by atoms with E-state index in [2.05, 4.69) is 0 Å². The van der Waals surface area contributed by atoms with Crippen molar-refractivity contribution in [1.29, 1.82) is 0 Å². The maximum atomic E-state index is 12.4. The van der Waals surface area contributed by atoms with E-state index in [-0.39, 0.29) is 39.7 Å². The van der Waals surface area contributed by atoms with Crippen LogP contribution in [-0.2, 0) is 50.5 Å². The second kappa shape index (κ2) is 18.9. The van der Waals surface area contributed by atoms with Gasteiger partial charge in [0.05, 0.1) is 43.0 Å². The van der Waals surface area contributed by atoms with Crippen molar-refractivity contribution < 1.29 is 105 Å². The Morgan fingerprint density at radius 1 is 0.610 bits per heavy atom. The van der Waals surface area contributed by atoms with E-state index in [9.17, 15) is 82.9 Å². The van der Waals surface area contributed by atoms with Gasteiger partial charge in [0.2, 0.25) is 0 Å². The molecular weight excluding hydrogens is 630 g/mol. The minimum Gasteiger partial charge on any atom is -0.549 e. The van der Waals surface area contributed by atoms with Gasteiger partial charge < -0.3 is 19.8 Å². The number of carboxylic acid groups (broad SMARTS) is 2. The second-order valence-electron chi connectivity index (χ2n) is 8.02. The summed E-state index contributed by atoms with van der Waals surface area (Å²) in [5.74, 6) is -21.6. The molecule has 0 saturated carbocycles. The minimum atomic E-state index is -5.87. The van der Waals surface area contributed by atoms with Crippen LogP contribution in [0.25, 0.3) is 0 Å². The summed E-state index contributed by atoms with van der Waals surface area (Å²) in [6.07, 6.45) is -16.3. The number of halogens is 10. The molecule has 0 aliphatic rings. The van der Waals surface area contributed by atoms with Crippen molar-refractivity contribution >= 4 is 35.1 Å². The predicted molar refractivity (Wildman–Crippen MR) is 109 cm³/mol. The molecule has 41 heavy (non-hydrogen) atoms. The molecule has 0 aromatic heterocycles. The Kier molecular flexibility index (Phi) is 21.1. The fourth-order valence-electron chi connectivity index (χ4n) is 2.34. The fourth-order valence-corrected chi connectivity index (χ4v) is 2.34. The van der Waals surface area contributed by atoms with Crippen LogP contribution in [0, 0.1) is 11.8 Å². The topological polar surface area (TPSA) is 149 Å². The molecule has 0 spiro atoms. The van der Waals surface area contributed by atoms with Crippen LogP contribution >= 0.6 is 0 Å². The summed E-state index contributed by atoms with van der Waals surface area (Å²) in [5, 5.41) is 20.5. The van der Waals surface area contributed by atoms with Crippen molar-refractivity contribution in [3.8, 4) is 0 Å². The number of hydrogen-bond acceptors (Lipinski definition) is 8. The largest absolute Gasteiger partial charge is 2.00 e. The maximum Gasteiger partial charge on any atom is 2.00 e. The number of carbonyl (C=O) groups is 6. The number of alkyl halides is 10. The summed E-state index contributed by atoms with van der Waals surface area (Å²) >= 11 is 0. The number of hydrogen-bond donors (Lipinski definition) is 0. The predicted octanol–water partition coefficient (Wildman–Crippen LogP) is 2.78. The first-order valence-electron chi connectivity index (χ1n) is 11.1. The van der Waals surface area contributed by atoms with Gasteiger partial charge in [-0.25, -0.2) is 0 Å². The Labute approximate surface area is 242 Å². The Morgan fingerprint density at radius 3 is 1.00 bits per heavy atom. The molecule has 0 N–H and O–H groups in total. The van der Waals surface area contributed by atoms with Gasteiger partial charge in [0.25, 0.3) is 0 Å². The van der Waals surface area contributed by atoms with Gasteiger partial charge >= 0.3 is 45.9 Å². The van der Waals surface area contributed by atoms with Crippen LogP contribution in [-0.4, -0.2) is 59.3 Å². The van der Waals surface area contributed by atoms with E-state index in [1.807, 2.05) is 0 Å². The van der Waals surface area contributed by atoms with E-state index in [1.165, 1.54) is 20.8 Å². The van der Waals surface area contributed by atoms with Gasteiger partial charge in [0.15, 0.2) is 0 Å². The van der Waals surface area contributed by atoms with Crippen LogP contribution in [0.15, 0.2) is 0 Å². The molecule has 0 fully saturated rings. The van der Waals surface area contributed by atoms with Gasteiger partial charge in [-0.05, 0) is 19.8 Å². The third-order valence-corrected chi connectivity index (χ3v) is 4.63. The van der Waals surface area contributed by atoms with Crippen molar-refractivity contribution in [3.05, 3.63) is 0 Å². The van der Waals surface area contributed by atoms with E-state index < -0.39 is 85.2 Å². The number of ketones is 4. The van der Waals surface area contributed by atoms with Crippen LogP contribution in [0.3, 0.4) is 0 Å². The van der Waals surface area contributed by atoms with Crippen molar-refractivity contribution in [2.45, 2.75) is 90.4 Å². The average molecular weight is 656 g/mol. The van der Waals surface area contributed by atoms with Crippen molar-refractivity contribution in [2.24, 2.45) is 11.8 Å². The van der Waals surface area contributed by atoms with Gasteiger partial charge in [0.1, 0.15) is 23.1 Å².